The summed E-state index contributed by atoms with van der Waals surface area (Å²) in [5.74, 6) is -1.81. The molecule has 0 aromatic heterocycles. The van der Waals surface area contributed by atoms with Gasteiger partial charge in [-0.3, -0.25) is 9.59 Å². The summed E-state index contributed by atoms with van der Waals surface area (Å²) in [6, 6.07) is 16.0. The van der Waals surface area contributed by atoms with Crippen molar-refractivity contribution in [3.05, 3.63) is 94.0 Å². The van der Waals surface area contributed by atoms with Crippen LogP contribution in [0, 0.1) is 0 Å². The van der Waals surface area contributed by atoms with Gasteiger partial charge in [-0.2, -0.15) is 5.10 Å². The van der Waals surface area contributed by atoms with E-state index < -0.39 is 17.9 Å². The molecule has 2 aliphatic heterocycles. The first-order valence-corrected chi connectivity index (χ1v) is 13.2. The van der Waals surface area contributed by atoms with Gasteiger partial charge in [0, 0.05) is 48.7 Å². The number of nitrogens with zero attached hydrogens (tertiary/aromatic N) is 4. The Morgan fingerprint density at radius 3 is 2.59 bits per heavy atom. The Kier molecular flexibility index (Phi) is 7.90. The zero-order valence-electron chi connectivity index (χ0n) is 22.3. The van der Waals surface area contributed by atoms with Gasteiger partial charge in [0.1, 0.15) is 12.4 Å². The number of amides is 2. The first-order valence-electron chi connectivity index (χ1n) is 12.8. The van der Waals surface area contributed by atoms with Crippen LogP contribution in [0.3, 0.4) is 0 Å². The molecule has 4 N–H and O–H groups in total. The lowest BCUT2D eigenvalue weighted by Crippen LogP contribution is -2.45. The maximum absolute atomic E-state index is 13.8. The van der Waals surface area contributed by atoms with E-state index in [2.05, 4.69) is 21.5 Å². The minimum Gasteiger partial charge on any atom is -0.478 e. The number of fused-ring (bicyclic) bond motifs is 1. The minimum absolute atomic E-state index is 0.107. The third-order valence-corrected chi connectivity index (χ3v) is 7.11. The summed E-state index contributed by atoms with van der Waals surface area (Å²) in [6.45, 7) is 0.323. The monoisotopic (exact) mass is 573 g/mol. The van der Waals surface area contributed by atoms with Crippen molar-refractivity contribution in [2.75, 3.05) is 35.9 Å². The second-order valence-corrected chi connectivity index (χ2v) is 10.1. The third kappa shape index (κ3) is 5.86. The first kappa shape index (κ1) is 27.7. The Labute approximate surface area is 241 Å². The Bertz CT molecular complexity index is 1560. The summed E-state index contributed by atoms with van der Waals surface area (Å²) < 4.78 is 0. The van der Waals surface area contributed by atoms with E-state index in [0.29, 0.717) is 34.9 Å². The van der Waals surface area contributed by atoms with Crippen LogP contribution in [-0.4, -0.2) is 54.8 Å². The Morgan fingerprint density at radius 2 is 1.90 bits per heavy atom. The standard InChI is InChI=1S/C29H28ClN7O4/c1-35(2)25-5-3-4-23-22(25)14-15-36(27(23)28(39)32-21-10-6-18(7-11-21)29(40)41)26(38)13-8-19-16-20(30)9-12-24(19)37-17-31-33-34-37/h3-13,16-17,27,33-34H,14-15H2,1-2H3,(H,32,39)(H,40,41)/b13-8+. The van der Waals surface area contributed by atoms with Crippen LogP contribution in [0.4, 0.5) is 17.1 Å². The second-order valence-electron chi connectivity index (χ2n) is 9.67. The van der Waals surface area contributed by atoms with Crippen molar-refractivity contribution >= 4 is 58.9 Å². The van der Waals surface area contributed by atoms with Gasteiger partial charge in [-0.1, -0.05) is 23.7 Å². The Balaban J connectivity index is 1.47. The van der Waals surface area contributed by atoms with Gasteiger partial charge in [0.15, 0.2) is 0 Å². The van der Waals surface area contributed by atoms with Crippen LogP contribution in [0.25, 0.3) is 6.08 Å². The summed E-state index contributed by atoms with van der Waals surface area (Å²) in [4.78, 5) is 42.2. The average Bonchev–Trinajstić information content (AvgIpc) is 3.50. The van der Waals surface area contributed by atoms with Gasteiger partial charge in [-0.05, 0) is 72.2 Å². The zero-order valence-corrected chi connectivity index (χ0v) is 23.1. The van der Waals surface area contributed by atoms with E-state index in [0.717, 1.165) is 16.8 Å². The number of carboxylic acids is 1. The lowest BCUT2D eigenvalue weighted by molar-refractivity contribution is -0.135. The molecule has 0 spiro atoms. The summed E-state index contributed by atoms with van der Waals surface area (Å²) in [7, 11) is 3.87. The number of hydrazone groups is 1. The molecule has 12 heteroatoms. The SMILES string of the molecule is CN(C)c1cccc2c1CCN(C(=O)/C=C/c1cc(Cl)ccc1N1C=NNN1)C2C(=O)Nc1ccc(C(=O)O)cc1. The topological polar surface area (TPSA) is 130 Å². The number of nitrogens with one attached hydrogen (secondary N) is 3. The number of hydrazine groups is 2. The van der Waals surface area contributed by atoms with Gasteiger partial charge in [0.2, 0.25) is 5.91 Å². The number of hydrogen-bond donors (Lipinski definition) is 4. The summed E-state index contributed by atoms with van der Waals surface area (Å²) in [5.41, 5.74) is 10.1. The van der Waals surface area contributed by atoms with E-state index in [1.165, 1.54) is 30.3 Å². The lowest BCUT2D eigenvalue weighted by atomic mass is 9.90. The number of carboxylic acid groups (broad SMARTS) is 1. The van der Waals surface area contributed by atoms with Gasteiger partial charge in [-0.25, -0.2) is 15.3 Å². The van der Waals surface area contributed by atoms with Crippen molar-refractivity contribution in [3.8, 4) is 0 Å². The van der Waals surface area contributed by atoms with Crippen LogP contribution in [0.15, 0.2) is 71.8 Å². The molecule has 0 saturated heterocycles. The molecule has 210 valence electrons. The normalized spacial score (nSPS) is 15.9. The zero-order chi connectivity index (χ0) is 29.1. The molecule has 0 radical (unpaired) electrons. The van der Waals surface area contributed by atoms with Crippen LogP contribution in [0.1, 0.15) is 33.1 Å². The fourth-order valence-electron chi connectivity index (χ4n) is 4.95. The minimum atomic E-state index is -1.06. The van der Waals surface area contributed by atoms with Crippen LogP contribution in [-0.2, 0) is 16.0 Å². The molecule has 0 fully saturated rings. The summed E-state index contributed by atoms with van der Waals surface area (Å²) in [6.07, 6.45) is 5.21. The second kappa shape index (κ2) is 11.7. The molecule has 0 saturated carbocycles. The lowest BCUT2D eigenvalue weighted by Gasteiger charge is -2.37. The summed E-state index contributed by atoms with van der Waals surface area (Å²) >= 11 is 6.25. The predicted octanol–water partition coefficient (Wildman–Crippen LogP) is 3.65. The molecule has 2 aliphatic rings. The van der Waals surface area contributed by atoms with Crippen molar-refractivity contribution in [1.29, 1.82) is 0 Å². The van der Waals surface area contributed by atoms with E-state index >= 15 is 0 Å². The van der Waals surface area contributed by atoms with Crippen molar-refractivity contribution in [2.45, 2.75) is 12.5 Å². The number of hydrogen-bond acceptors (Lipinski definition) is 8. The van der Waals surface area contributed by atoms with Gasteiger partial charge < -0.3 is 20.2 Å². The van der Waals surface area contributed by atoms with E-state index in [1.807, 2.05) is 37.2 Å². The van der Waals surface area contributed by atoms with E-state index in [9.17, 15) is 19.5 Å². The van der Waals surface area contributed by atoms with Gasteiger partial charge in [0.25, 0.3) is 5.91 Å². The van der Waals surface area contributed by atoms with Crippen molar-refractivity contribution in [1.82, 2.24) is 16.0 Å². The number of anilines is 3. The molecule has 0 bridgehead atoms. The van der Waals surface area contributed by atoms with Gasteiger partial charge in [0.05, 0.1) is 11.3 Å². The third-order valence-electron chi connectivity index (χ3n) is 6.87. The maximum atomic E-state index is 13.8. The average molecular weight is 574 g/mol. The highest BCUT2D eigenvalue weighted by Crippen LogP contribution is 2.36. The van der Waals surface area contributed by atoms with Crippen LogP contribution >= 0.6 is 11.6 Å². The molecule has 0 aliphatic carbocycles. The first-order chi connectivity index (χ1) is 19.7. The van der Waals surface area contributed by atoms with Gasteiger partial charge in [-0.15, -0.1) is 5.53 Å². The molecule has 41 heavy (non-hydrogen) atoms. The molecule has 5 rings (SSSR count). The number of halogens is 1. The van der Waals surface area contributed by atoms with Gasteiger partial charge >= 0.3 is 5.97 Å². The van der Waals surface area contributed by atoms with Crippen molar-refractivity contribution < 1.29 is 19.5 Å². The fraction of sp³-hybridized carbons (Fsp3) is 0.172. The largest absolute Gasteiger partial charge is 0.478 e. The van der Waals surface area contributed by atoms with Crippen LogP contribution in [0.5, 0.6) is 0 Å². The maximum Gasteiger partial charge on any atom is 0.335 e. The van der Waals surface area contributed by atoms with E-state index in [4.69, 9.17) is 11.6 Å². The highest BCUT2D eigenvalue weighted by Gasteiger charge is 2.36. The number of carbonyl (C=O) groups is 3. The van der Waals surface area contributed by atoms with Crippen molar-refractivity contribution in [3.63, 3.8) is 0 Å². The smallest absolute Gasteiger partial charge is 0.335 e. The Morgan fingerprint density at radius 1 is 1.12 bits per heavy atom. The molecule has 2 amide bonds. The Hall–Kier alpha value is -4.87. The predicted molar refractivity (Wildman–Crippen MR) is 159 cm³/mol. The van der Waals surface area contributed by atoms with E-state index in [-0.39, 0.29) is 11.5 Å². The molecule has 3 aromatic carbocycles. The quantitative estimate of drug-likeness (QED) is 0.315. The molecular formula is C29H28ClN7O4. The number of carbonyl (C=O) groups excluding carboxylic acids is 2. The molecule has 1 atom stereocenters. The molecular weight excluding hydrogens is 546 g/mol. The molecule has 2 heterocycles. The van der Waals surface area contributed by atoms with Crippen molar-refractivity contribution in [2.24, 2.45) is 5.10 Å². The fourth-order valence-corrected chi connectivity index (χ4v) is 5.13. The van der Waals surface area contributed by atoms with Crippen LogP contribution in [0.2, 0.25) is 5.02 Å². The number of benzene rings is 3. The number of rotatable bonds is 7. The summed E-state index contributed by atoms with van der Waals surface area (Å²) in [5, 5.41) is 18.1. The van der Waals surface area contributed by atoms with Crippen LogP contribution < -0.4 is 26.3 Å². The molecule has 11 nitrogen and oxygen atoms in total. The highest BCUT2D eigenvalue weighted by molar-refractivity contribution is 6.30. The van der Waals surface area contributed by atoms with E-state index in [1.54, 1.807) is 40.5 Å². The number of aromatic carboxylic acids is 1. The highest BCUT2D eigenvalue weighted by atomic mass is 35.5. The molecule has 3 aromatic rings. The molecule has 1 unspecified atom stereocenters.